The summed E-state index contributed by atoms with van der Waals surface area (Å²) in [6, 6.07) is 0. The van der Waals surface area contributed by atoms with E-state index in [0.29, 0.717) is 12.8 Å². The molecule has 46 heavy (non-hydrogen) atoms. The Morgan fingerprint density at radius 3 is 1.07 bits per heavy atom. The Hall–Kier alpha value is -1.07. The van der Waals surface area contributed by atoms with Crippen LogP contribution in [-0.2, 0) is 27.7 Å². The lowest BCUT2D eigenvalue weighted by Crippen LogP contribution is -2.32. The highest BCUT2D eigenvalue weighted by molar-refractivity contribution is 7.48. The zero-order chi connectivity index (χ0) is 34.0. The summed E-state index contributed by atoms with van der Waals surface area (Å²) in [7, 11) is -1.55. The normalized spacial score (nSPS) is 12.3. The second-order valence-corrected chi connectivity index (χ2v) is 14.7. The van der Waals surface area contributed by atoms with Gasteiger partial charge < -0.3 is 0 Å². The molecule has 0 N–H and O–H groups in total. The molecule has 0 fully saturated rings. The number of phosphoric ester groups is 1. The monoisotopic (exact) mass is 669 g/mol. The van der Waals surface area contributed by atoms with Crippen LogP contribution in [0.15, 0.2) is 24.3 Å². The van der Waals surface area contributed by atoms with Crippen LogP contribution in [0.1, 0.15) is 194 Å². The molecule has 0 rings (SSSR count). The summed E-state index contributed by atoms with van der Waals surface area (Å²) in [5, 5.41) is 0. The molecule has 0 aromatic heterocycles. The summed E-state index contributed by atoms with van der Waals surface area (Å²) >= 11 is 0. The average molecular weight is 669 g/mol. The van der Waals surface area contributed by atoms with Gasteiger partial charge in [0.2, 0.25) is 0 Å². The van der Waals surface area contributed by atoms with Crippen molar-refractivity contribution in [1.82, 2.24) is 0 Å². The predicted molar refractivity (Wildman–Crippen MR) is 195 cm³/mol. The first-order chi connectivity index (χ1) is 22.4. The molecule has 0 amide bonds. The largest absolute Gasteiger partial charge is 0.475 e. The zero-order valence-electron chi connectivity index (χ0n) is 30.6. The van der Waals surface area contributed by atoms with Gasteiger partial charge in [-0.2, -0.15) is 0 Å². The van der Waals surface area contributed by atoms with E-state index in [4.69, 9.17) is 13.6 Å². The Bertz CT molecular complexity index is 748. The van der Waals surface area contributed by atoms with Gasteiger partial charge in [0.25, 0.3) is 0 Å². The maximum absolute atomic E-state index is 13.0. The maximum Gasteiger partial charge on any atom is 0.475 e. The second kappa shape index (κ2) is 33.8. The number of carbonyl (C=O) groups is 2. The van der Waals surface area contributed by atoms with Gasteiger partial charge in [-0.05, 0) is 64.2 Å². The number of hydrogen-bond donors (Lipinski definition) is 0. The van der Waals surface area contributed by atoms with Crippen molar-refractivity contribution >= 4 is 19.4 Å². The highest BCUT2D eigenvalue weighted by Crippen LogP contribution is 2.49. The molecular weight excluding hydrogens is 595 g/mol. The first-order valence-corrected chi connectivity index (χ1v) is 20.6. The third-order valence-corrected chi connectivity index (χ3v) is 10.00. The van der Waals surface area contributed by atoms with Crippen molar-refractivity contribution in [3.8, 4) is 0 Å². The second-order valence-electron chi connectivity index (χ2n) is 12.9. The summed E-state index contributed by atoms with van der Waals surface area (Å²) in [4.78, 5) is 26.0. The molecule has 0 atom stereocenters. The molecule has 0 saturated heterocycles. The van der Waals surface area contributed by atoms with Crippen LogP contribution in [0.3, 0.4) is 0 Å². The quantitative estimate of drug-likeness (QED) is 0.0286. The van der Waals surface area contributed by atoms with Crippen molar-refractivity contribution < 1.29 is 27.7 Å². The van der Waals surface area contributed by atoms with E-state index in [2.05, 4.69) is 38.2 Å². The van der Waals surface area contributed by atoms with E-state index in [0.717, 1.165) is 64.2 Å². The topological polar surface area (TPSA) is 78.9 Å². The number of phosphoric acid groups is 1. The lowest BCUT2D eigenvalue weighted by molar-refractivity contribution is -0.138. The van der Waals surface area contributed by atoms with Gasteiger partial charge in [-0.3, -0.25) is 23.2 Å². The van der Waals surface area contributed by atoms with Crippen LogP contribution < -0.4 is 0 Å². The Morgan fingerprint density at radius 1 is 0.478 bits per heavy atom. The number of unbranched alkanes of at least 4 members (excludes halogenated alkanes) is 22. The number of Topliss-reactive ketones (excluding diaryl/α,β-unsaturated/α-hetero) is 2. The average Bonchev–Trinajstić information content (AvgIpc) is 3.06. The number of rotatable bonds is 36. The molecule has 0 unspecified atom stereocenters. The van der Waals surface area contributed by atoms with Crippen LogP contribution in [0.4, 0.5) is 0 Å². The molecule has 0 heterocycles. The first-order valence-electron chi connectivity index (χ1n) is 19.2. The van der Waals surface area contributed by atoms with Gasteiger partial charge in [0.15, 0.2) is 17.7 Å². The van der Waals surface area contributed by atoms with Crippen molar-refractivity contribution in [1.29, 1.82) is 0 Å². The number of hydrogen-bond acceptors (Lipinski definition) is 6. The lowest BCUT2D eigenvalue weighted by Gasteiger charge is -2.20. The maximum atomic E-state index is 13.0. The molecule has 0 aliphatic rings. The molecule has 6 nitrogen and oxygen atoms in total. The summed E-state index contributed by atoms with van der Waals surface area (Å²) in [6.07, 6.45) is 38.9. The fourth-order valence-electron chi connectivity index (χ4n) is 5.59. The van der Waals surface area contributed by atoms with E-state index >= 15 is 0 Å². The van der Waals surface area contributed by atoms with Crippen molar-refractivity contribution in [2.45, 2.75) is 200 Å². The molecule has 0 aromatic carbocycles. The molecule has 7 heteroatoms. The highest BCUT2D eigenvalue weighted by atomic mass is 31.2. The SMILES string of the molecule is CCCCCCCC/C=C\CCCCCCCC(=O)C(OP(=O)(OC)OC)C(=O)CCCCCCC/C=C\CCCCCCCC. The van der Waals surface area contributed by atoms with Gasteiger partial charge in [0.1, 0.15) is 0 Å². The first kappa shape index (κ1) is 44.9. The number of ketones is 2. The van der Waals surface area contributed by atoms with Gasteiger partial charge in [0.05, 0.1) is 0 Å². The standard InChI is InChI=1S/C39H73O6P/c1-5-7-9-11-13-15-17-19-21-23-25-27-29-31-33-35-37(40)39(45-46(42,43-3)44-4)38(41)36-34-32-30-28-26-24-22-20-18-16-14-12-10-8-6-2/h19-22,39H,5-18,23-36H2,1-4H3/b21-19-,22-20-. The minimum atomic E-state index is -3.95. The molecule has 0 radical (unpaired) electrons. The van der Waals surface area contributed by atoms with E-state index in [9.17, 15) is 14.2 Å². The Balaban J connectivity index is 4.18. The van der Waals surface area contributed by atoms with Gasteiger partial charge in [-0.1, -0.05) is 141 Å². The van der Waals surface area contributed by atoms with Crippen molar-refractivity contribution in [2.75, 3.05) is 14.2 Å². The van der Waals surface area contributed by atoms with Gasteiger partial charge >= 0.3 is 7.82 Å². The van der Waals surface area contributed by atoms with E-state index in [1.807, 2.05) is 0 Å². The predicted octanol–water partition coefficient (Wildman–Crippen LogP) is 13.0. The lowest BCUT2D eigenvalue weighted by atomic mass is 9.99. The fraction of sp³-hybridized carbons (Fsp3) is 0.846. The molecule has 0 aliphatic heterocycles. The number of allylic oxidation sites excluding steroid dienone is 4. The van der Waals surface area contributed by atoms with Crippen molar-refractivity contribution in [3.63, 3.8) is 0 Å². The van der Waals surface area contributed by atoms with E-state index in [1.165, 1.54) is 104 Å². The van der Waals surface area contributed by atoms with E-state index in [1.54, 1.807) is 0 Å². The van der Waals surface area contributed by atoms with Crippen LogP contribution >= 0.6 is 7.82 Å². The van der Waals surface area contributed by atoms with Gasteiger partial charge in [0, 0.05) is 27.1 Å². The third kappa shape index (κ3) is 28.0. The summed E-state index contributed by atoms with van der Waals surface area (Å²) in [5.74, 6) is -0.658. The zero-order valence-corrected chi connectivity index (χ0v) is 31.5. The Kier molecular flexibility index (Phi) is 33.0. The Morgan fingerprint density at radius 2 is 0.761 bits per heavy atom. The molecule has 0 saturated carbocycles. The van der Waals surface area contributed by atoms with Gasteiger partial charge in [-0.25, -0.2) is 4.57 Å². The highest BCUT2D eigenvalue weighted by Gasteiger charge is 2.36. The Labute approximate surface area is 284 Å². The minimum Gasteiger partial charge on any atom is -0.296 e. The smallest absolute Gasteiger partial charge is 0.296 e. The molecule has 0 aliphatic carbocycles. The van der Waals surface area contributed by atoms with Crippen LogP contribution in [0.2, 0.25) is 0 Å². The van der Waals surface area contributed by atoms with Crippen molar-refractivity contribution in [3.05, 3.63) is 24.3 Å². The number of carbonyl (C=O) groups excluding carboxylic acids is 2. The molecule has 0 bridgehead atoms. The van der Waals surface area contributed by atoms with Crippen molar-refractivity contribution in [2.24, 2.45) is 0 Å². The van der Waals surface area contributed by atoms with Crippen LogP contribution in [0.25, 0.3) is 0 Å². The van der Waals surface area contributed by atoms with Crippen LogP contribution in [0, 0.1) is 0 Å². The third-order valence-electron chi connectivity index (χ3n) is 8.64. The summed E-state index contributed by atoms with van der Waals surface area (Å²) in [5.41, 5.74) is 0. The van der Waals surface area contributed by atoms with Crippen LogP contribution in [-0.4, -0.2) is 31.9 Å². The fourth-order valence-corrected chi connectivity index (χ4v) is 6.40. The minimum absolute atomic E-state index is 0.231. The molecule has 0 aromatic rings. The van der Waals surface area contributed by atoms with E-state index < -0.39 is 13.9 Å². The van der Waals surface area contributed by atoms with Gasteiger partial charge in [-0.15, -0.1) is 0 Å². The van der Waals surface area contributed by atoms with E-state index in [-0.39, 0.29) is 24.4 Å². The molecular formula is C39H73O6P. The summed E-state index contributed by atoms with van der Waals surface area (Å²) < 4.78 is 27.8. The summed E-state index contributed by atoms with van der Waals surface area (Å²) in [6.45, 7) is 4.51. The molecule has 270 valence electrons. The van der Waals surface area contributed by atoms with Crippen LogP contribution in [0.5, 0.6) is 0 Å². The molecule has 0 spiro atoms.